The summed E-state index contributed by atoms with van der Waals surface area (Å²) in [5.41, 5.74) is 1.85. The van der Waals surface area contributed by atoms with Crippen LogP contribution in [0.1, 0.15) is 35.5 Å². The van der Waals surface area contributed by atoms with Gasteiger partial charge in [-0.15, -0.1) is 11.3 Å². The van der Waals surface area contributed by atoms with Crippen LogP contribution < -0.4 is 11.0 Å². The van der Waals surface area contributed by atoms with E-state index >= 15 is 0 Å². The lowest BCUT2D eigenvalue weighted by molar-refractivity contribution is 0.0925. The highest BCUT2D eigenvalue weighted by molar-refractivity contribution is 7.20. The third-order valence-corrected chi connectivity index (χ3v) is 7.22. The fourth-order valence-corrected chi connectivity index (χ4v) is 5.58. The lowest BCUT2D eigenvalue weighted by Crippen LogP contribution is -2.45. The minimum absolute atomic E-state index is 0.00562. The van der Waals surface area contributed by atoms with Crippen molar-refractivity contribution < 1.29 is 4.79 Å². The predicted molar refractivity (Wildman–Crippen MR) is 126 cm³/mol. The number of amides is 1. The average molecular weight is 435 g/mol. The van der Waals surface area contributed by atoms with Crippen LogP contribution in [0.4, 0.5) is 0 Å². The summed E-state index contributed by atoms with van der Waals surface area (Å²) < 4.78 is 3.05. The molecule has 2 aromatic carbocycles. The van der Waals surface area contributed by atoms with Crippen molar-refractivity contribution in [2.45, 2.75) is 31.8 Å². The number of imidazole rings is 1. The van der Waals surface area contributed by atoms with Gasteiger partial charge in [-0.2, -0.15) is 0 Å². The van der Waals surface area contributed by atoms with Crippen molar-refractivity contribution in [1.29, 1.82) is 0 Å². The molecular weight excluding hydrogens is 408 g/mol. The molecule has 160 valence electrons. The monoisotopic (exact) mass is 434 g/mol. The molecule has 0 saturated carbocycles. The summed E-state index contributed by atoms with van der Waals surface area (Å²) >= 11 is 1.53. The number of benzene rings is 2. The van der Waals surface area contributed by atoms with Crippen LogP contribution in [-0.2, 0) is 0 Å². The first-order chi connectivity index (χ1) is 15.1. The number of fused-ring (bicyclic) bond motifs is 2. The highest BCUT2D eigenvalue weighted by Crippen LogP contribution is 2.26. The first-order valence-corrected chi connectivity index (χ1v) is 11.6. The van der Waals surface area contributed by atoms with E-state index in [4.69, 9.17) is 0 Å². The third-order valence-electron chi connectivity index (χ3n) is 6.11. The van der Waals surface area contributed by atoms with Crippen molar-refractivity contribution in [3.63, 3.8) is 0 Å². The van der Waals surface area contributed by atoms with Gasteiger partial charge in [-0.05, 0) is 49.4 Å². The summed E-state index contributed by atoms with van der Waals surface area (Å²) in [6.07, 6.45) is 1.86. The largest absolute Gasteiger partial charge is 0.348 e. The Bertz CT molecular complexity index is 1250. The van der Waals surface area contributed by atoms with E-state index in [2.05, 4.69) is 22.1 Å². The molecule has 1 aliphatic rings. The summed E-state index contributed by atoms with van der Waals surface area (Å²) in [7, 11) is 0. The Hall–Kier alpha value is -2.90. The topological polar surface area (TPSA) is 70.1 Å². The fraction of sp³-hybridized carbons (Fsp3) is 0.333. The van der Waals surface area contributed by atoms with Crippen LogP contribution in [0.15, 0.2) is 59.4 Å². The molecule has 6 nitrogen and oxygen atoms in total. The quantitative estimate of drug-likeness (QED) is 0.499. The van der Waals surface area contributed by atoms with Gasteiger partial charge in [0.2, 0.25) is 0 Å². The Morgan fingerprint density at radius 1 is 1.16 bits per heavy atom. The van der Waals surface area contributed by atoms with Gasteiger partial charge in [0.05, 0.1) is 15.9 Å². The van der Waals surface area contributed by atoms with E-state index in [0.717, 1.165) is 58.5 Å². The van der Waals surface area contributed by atoms with Gasteiger partial charge in [0.25, 0.3) is 5.91 Å². The van der Waals surface area contributed by atoms with Gasteiger partial charge < -0.3 is 15.2 Å². The Labute approximate surface area is 184 Å². The van der Waals surface area contributed by atoms with Crippen LogP contribution in [0.25, 0.3) is 21.1 Å². The van der Waals surface area contributed by atoms with E-state index in [0.29, 0.717) is 0 Å². The Morgan fingerprint density at radius 2 is 1.90 bits per heavy atom. The molecule has 1 aliphatic heterocycles. The zero-order valence-corrected chi connectivity index (χ0v) is 18.3. The molecule has 0 bridgehead atoms. The van der Waals surface area contributed by atoms with Gasteiger partial charge in [0, 0.05) is 36.4 Å². The lowest BCUT2D eigenvalue weighted by atomic mass is 10.0. The molecule has 1 atom stereocenters. The van der Waals surface area contributed by atoms with Crippen molar-refractivity contribution >= 4 is 38.4 Å². The first kappa shape index (κ1) is 20.0. The highest BCUT2D eigenvalue weighted by Gasteiger charge is 2.24. The molecule has 1 fully saturated rings. The number of nitrogens with one attached hydrogen (secondary N) is 2. The van der Waals surface area contributed by atoms with E-state index in [1.165, 1.54) is 11.3 Å². The van der Waals surface area contributed by atoms with Gasteiger partial charge in [-0.3, -0.25) is 9.36 Å². The van der Waals surface area contributed by atoms with Crippen LogP contribution in [0, 0.1) is 0 Å². The van der Waals surface area contributed by atoms with Gasteiger partial charge >= 0.3 is 5.69 Å². The number of aromatic amines is 1. The lowest BCUT2D eigenvalue weighted by Gasteiger charge is -2.34. The molecule has 5 rings (SSSR count). The number of hydrogen-bond donors (Lipinski definition) is 2. The second-order valence-electron chi connectivity index (χ2n) is 8.37. The van der Waals surface area contributed by atoms with Crippen molar-refractivity contribution in [1.82, 2.24) is 19.8 Å². The Morgan fingerprint density at radius 3 is 2.71 bits per heavy atom. The number of rotatable bonds is 5. The highest BCUT2D eigenvalue weighted by atomic mass is 32.1. The zero-order valence-electron chi connectivity index (χ0n) is 17.5. The van der Waals surface area contributed by atoms with Crippen LogP contribution in [-0.4, -0.2) is 46.0 Å². The maximum Gasteiger partial charge on any atom is 0.326 e. The minimum Gasteiger partial charge on any atom is -0.348 e. The molecule has 0 radical (unpaired) electrons. The number of nitrogens with zero attached hydrogens (tertiary/aromatic N) is 2. The third kappa shape index (κ3) is 4.03. The van der Waals surface area contributed by atoms with E-state index in [9.17, 15) is 9.59 Å². The van der Waals surface area contributed by atoms with Crippen molar-refractivity contribution in [3.05, 3.63) is 70.0 Å². The molecule has 0 aliphatic carbocycles. The van der Waals surface area contributed by atoms with Gasteiger partial charge in [-0.25, -0.2) is 4.79 Å². The molecule has 7 heteroatoms. The van der Waals surface area contributed by atoms with E-state index in [1.807, 2.05) is 59.2 Å². The molecular formula is C24H26N4O2S. The van der Waals surface area contributed by atoms with Gasteiger partial charge in [0.1, 0.15) is 0 Å². The molecule has 3 heterocycles. The van der Waals surface area contributed by atoms with Crippen molar-refractivity contribution in [3.8, 4) is 0 Å². The number of H-pyrrole nitrogens is 1. The maximum atomic E-state index is 12.7. The predicted octanol–water partition coefficient (Wildman–Crippen LogP) is 4.00. The minimum atomic E-state index is -0.0244. The molecule has 31 heavy (non-hydrogen) atoms. The first-order valence-electron chi connectivity index (χ1n) is 10.8. The number of hydrogen-bond acceptors (Lipinski definition) is 4. The number of likely N-dealkylation sites (tertiary alicyclic amines) is 1. The number of carbonyl (C=O) groups excluding carboxylic acids is 1. The van der Waals surface area contributed by atoms with Crippen LogP contribution in [0.2, 0.25) is 0 Å². The van der Waals surface area contributed by atoms with Gasteiger partial charge in [-0.1, -0.05) is 30.3 Å². The zero-order chi connectivity index (χ0) is 21.4. The normalized spacial score (nSPS) is 16.7. The average Bonchev–Trinajstić information content (AvgIpc) is 3.35. The number of aromatic nitrogens is 2. The van der Waals surface area contributed by atoms with Crippen LogP contribution in [0.5, 0.6) is 0 Å². The summed E-state index contributed by atoms with van der Waals surface area (Å²) in [4.78, 5) is 31.2. The smallest absolute Gasteiger partial charge is 0.326 e. The Balaban J connectivity index is 1.18. The molecule has 1 saturated heterocycles. The molecule has 0 unspecified atom stereocenters. The molecule has 4 aromatic rings. The molecule has 2 N–H and O–H groups in total. The summed E-state index contributed by atoms with van der Waals surface area (Å²) in [5, 5.41) is 4.26. The maximum absolute atomic E-state index is 12.7. The van der Waals surface area contributed by atoms with Gasteiger partial charge in [0.15, 0.2) is 0 Å². The van der Waals surface area contributed by atoms with Crippen LogP contribution >= 0.6 is 11.3 Å². The number of thiophene rings is 1. The summed E-state index contributed by atoms with van der Waals surface area (Å²) in [6, 6.07) is 18.2. The Kier molecular flexibility index (Phi) is 5.38. The van der Waals surface area contributed by atoms with Crippen molar-refractivity contribution in [2.75, 3.05) is 19.6 Å². The molecule has 0 spiro atoms. The van der Waals surface area contributed by atoms with Crippen LogP contribution in [0.3, 0.4) is 0 Å². The van der Waals surface area contributed by atoms with E-state index in [-0.39, 0.29) is 23.7 Å². The molecule has 2 aromatic heterocycles. The fourth-order valence-electron chi connectivity index (χ4n) is 4.62. The summed E-state index contributed by atoms with van der Waals surface area (Å²) in [6.45, 7) is 4.70. The standard InChI is InChI=1S/C24H26N4O2S/c1-16(25-23(29)22-14-17-6-2-5-9-21(17)31-22)15-27-12-10-18(11-13-27)28-20-8-4-3-7-19(20)26-24(28)30/h2-9,14,16,18H,10-13,15H2,1H3,(H,25,29)(H,26,30)/t16-/m0/s1. The van der Waals surface area contributed by atoms with E-state index in [1.54, 1.807) is 0 Å². The van der Waals surface area contributed by atoms with Crippen molar-refractivity contribution in [2.24, 2.45) is 0 Å². The second kappa shape index (κ2) is 8.32. The molecule has 1 amide bonds. The SMILES string of the molecule is C[C@@H](CN1CCC(n2c(=O)[nH]c3ccccc32)CC1)NC(=O)c1cc2ccccc2s1. The number of piperidine rings is 1. The number of carbonyl (C=O) groups is 1. The second-order valence-corrected chi connectivity index (χ2v) is 9.46. The van der Waals surface area contributed by atoms with E-state index < -0.39 is 0 Å². The summed E-state index contributed by atoms with van der Waals surface area (Å²) in [5.74, 6) is -0.00562. The number of para-hydroxylation sites is 2.